The van der Waals surface area contributed by atoms with E-state index in [9.17, 15) is 14.4 Å². The minimum Gasteiger partial charge on any atom is -0.495 e. The number of halogens is 1. The van der Waals surface area contributed by atoms with Gasteiger partial charge in [-0.2, -0.15) is 0 Å². The second-order valence-electron chi connectivity index (χ2n) is 8.89. The van der Waals surface area contributed by atoms with Crippen LogP contribution in [0.4, 0.5) is 5.69 Å². The predicted molar refractivity (Wildman–Crippen MR) is 132 cm³/mol. The highest BCUT2D eigenvalue weighted by atomic mass is 35.5. The fourth-order valence-corrected chi connectivity index (χ4v) is 5.82. The summed E-state index contributed by atoms with van der Waals surface area (Å²) in [5.41, 5.74) is 2.74. The molecule has 6 rings (SSSR count). The van der Waals surface area contributed by atoms with Crippen molar-refractivity contribution >= 4 is 41.0 Å². The van der Waals surface area contributed by atoms with Gasteiger partial charge in [-0.05, 0) is 53.6 Å². The number of ether oxygens (including phenoxy) is 1. The van der Waals surface area contributed by atoms with Crippen molar-refractivity contribution in [3.63, 3.8) is 0 Å². The molecule has 3 aliphatic rings. The maximum atomic E-state index is 14.0. The molecule has 6 nitrogen and oxygen atoms in total. The molecule has 0 aliphatic carbocycles. The molecule has 7 heteroatoms. The number of hydrogen-bond donors (Lipinski definition) is 0. The molecule has 2 fully saturated rings. The minimum atomic E-state index is -0.837. The Morgan fingerprint density at radius 3 is 2.34 bits per heavy atom. The largest absolute Gasteiger partial charge is 0.495 e. The molecule has 0 aromatic heterocycles. The second kappa shape index (κ2) is 8.10. The monoisotopic (exact) mass is 484 g/mol. The highest BCUT2D eigenvalue weighted by Gasteiger charge is 2.64. The first-order valence-corrected chi connectivity index (χ1v) is 11.7. The van der Waals surface area contributed by atoms with E-state index in [1.807, 2.05) is 41.4 Å². The topological polar surface area (TPSA) is 66.9 Å². The number of rotatable bonds is 4. The number of hydrogen-bond acceptors (Lipinski definition) is 5. The molecule has 3 aromatic carbocycles. The van der Waals surface area contributed by atoms with Gasteiger partial charge >= 0.3 is 0 Å². The van der Waals surface area contributed by atoms with Gasteiger partial charge in [0, 0.05) is 16.8 Å². The number of amides is 2. The van der Waals surface area contributed by atoms with Crippen LogP contribution in [0.2, 0.25) is 5.02 Å². The molecule has 2 amide bonds. The Morgan fingerprint density at radius 2 is 1.57 bits per heavy atom. The Labute approximate surface area is 207 Å². The summed E-state index contributed by atoms with van der Waals surface area (Å²) >= 11 is 6.04. The first kappa shape index (κ1) is 21.6. The Morgan fingerprint density at radius 1 is 0.886 bits per heavy atom. The molecule has 0 bridgehead atoms. The van der Waals surface area contributed by atoms with E-state index < -0.39 is 29.8 Å². The van der Waals surface area contributed by atoms with Crippen LogP contribution in [0.1, 0.15) is 27.5 Å². The van der Waals surface area contributed by atoms with Crippen molar-refractivity contribution in [3.8, 4) is 5.75 Å². The number of carbonyl (C=O) groups excluding carboxylic acids is 3. The van der Waals surface area contributed by atoms with Crippen LogP contribution in [0.15, 0.2) is 79.0 Å². The third-order valence-corrected chi connectivity index (χ3v) is 7.44. The first-order valence-electron chi connectivity index (χ1n) is 11.4. The lowest BCUT2D eigenvalue weighted by atomic mass is 9.83. The molecule has 35 heavy (non-hydrogen) atoms. The van der Waals surface area contributed by atoms with Crippen molar-refractivity contribution in [2.45, 2.75) is 12.1 Å². The fourth-order valence-electron chi connectivity index (χ4n) is 5.69. The zero-order chi connectivity index (χ0) is 24.3. The van der Waals surface area contributed by atoms with E-state index in [0.29, 0.717) is 22.0 Å². The van der Waals surface area contributed by atoms with E-state index >= 15 is 0 Å². The highest BCUT2D eigenvalue weighted by molar-refractivity contribution is 6.30. The van der Waals surface area contributed by atoms with Gasteiger partial charge in [0.25, 0.3) is 0 Å². The third-order valence-electron chi connectivity index (χ3n) is 7.19. The maximum absolute atomic E-state index is 14.0. The zero-order valence-corrected chi connectivity index (χ0v) is 19.6. The summed E-state index contributed by atoms with van der Waals surface area (Å²) in [6.07, 6.45) is 3.78. The van der Waals surface area contributed by atoms with Crippen molar-refractivity contribution in [1.29, 1.82) is 0 Å². The molecule has 2 saturated heterocycles. The molecule has 0 saturated carbocycles. The highest BCUT2D eigenvalue weighted by Crippen LogP contribution is 2.54. The smallest absolute Gasteiger partial charge is 0.240 e. The van der Waals surface area contributed by atoms with Gasteiger partial charge in [-0.3, -0.25) is 14.4 Å². The van der Waals surface area contributed by atoms with E-state index in [4.69, 9.17) is 16.3 Å². The number of Topliss-reactive ketones (excluding diaryl/α,β-unsaturated/α-hetero) is 1. The van der Waals surface area contributed by atoms with Crippen LogP contribution in [0.3, 0.4) is 0 Å². The second-order valence-corrected chi connectivity index (χ2v) is 9.32. The standard InChI is InChI=1S/C28H21ClN2O4/c1-35-21-9-5-4-8-20(21)31-27(33)22-23(28(31)34)25(26(32)17-10-12-18(29)13-11-17)30-15-14-16-6-2-3-7-19(16)24(22)30/h2-15,22-25H,1H3/t22-,23+,24+,25-/m0/s1. The number of ketones is 1. The molecule has 0 radical (unpaired) electrons. The molecule has 174 valence electrons. The van der Waals surface area contributed by atoms with Gasteiger partial charge in [0.15, 0.2) is 5.78 Å². The summed E-state index contributed by atoms with van der Waals surface area (Å²) in [6, 6.07) is 20.1. The van der Waals surface area contributed by atoms with Crippen molar-refractivity contribution in [2.75, 3.05) is 12.0 Å². The summed E-state index contributed by atoms with van der Waals surface area (Å²) in [4.78, 5) is 44.9. The van der Waals surface area contributed by atoms with Gasteiger partial charge in [0.05, 0.1) is 30.7 Å². The van der Waals surface area contributed by atoms with Gasteiger partial charge in [-0.1, -0.05) is 48.0 Å². The Hall–Kier alpha value is -3.90. The zero-order valence-electron chi connectivity index (χ0n) is 18.8. The Kier molecular flexibility index (Phi) is 5.00. The molecule has 3 aromatic rings. The van der Waals surface area contributed by atoms with E-state index in [1.165, 1.54) is 12.0 Å². The summed E-state index contributed by atoms with van der Waals surface area (Å²) < 4.78 is 5.45. The average molecular weight is 485 g/mol. The van der Waals surface area contributed by atoms with Gasteiger partial charge in [0.2, 0.25) is 11.8 Å². The van der Waals surface area contributed by atoms with E-state index in [2.05, 4.69) is 0 Å². The average Bonchev–Trinajstić information content (AvgIpc) is 3.36. The van der Waals surface area contributed by atoms with Gasteiger partial charge in [-0.25, -0.2) is 4.90 Å². The van der Waals surface area contributed by atoms with Gasteiger partial charge in [0.1, 0.15) is 11.8 Å². The van der Waals surface area contributed by atoms with Gasteiger partial charge in [-0.15, -0.1) is 0 Å². The Bertz CT molecular complexity index is 1400. The quantitative estimate of drug-likeness (QED) is 0.395. The molecule has 4 atom stereocenters. The molecule has 3 heterocycles. The molecular formula is C28H21ClN2O4. The van der Waals surface area contributed by atoms with E-state index in [1.54, 1.807) is 48.5 Å². The number of methoxy groups -OCH3 is 1. The molecule has 3 aliphatic heterocycles. The van der Waals surface area contributed by atoms with E-state index in [-0.39, 0.29) is 11.7 Å². The molecule has 0 spiro atoms. The molecule has 0 unspecified atom stereocenters. The number of benzene rings is 3. The number of para-hydroxylation sites is 2. The summed E-state index contributed by atoms with van der Waals surface area (Å²) in [7, 11) is 1.50. The minimum absolute atomic E-state index is 0.216. The lowest BCUT2D eigenvalue weighted by molar-refractivity contribution is -0.123. The molecule has 0 N–H and O–H groups in total. The van der Waals surface area contributed by atoms with Crippen molar-refractivity contribution in [3.05, 3.63) is 101 Å². The summed E-state index contributed by atoms with van der Waals surface area (Å²) in [5.74, 6) is -2.05. The summed E-state index contributed by atoms with van der Waals surface area (Å²) in [5, 5.41) is 0.519. The van der Waals surface area contributed by atoms with Crippen LogP contribution in [0.25, 0.3) is 6.08 Å². The van der Waals surface area contributed by atoms with Crippen LogP contribution in [-0.2, 0) is 9.59 Å². The number of nitrogens with zero attached hydrogens (tertiary/aromatic N) is 2. The number of imide groups is 1. The van der Waals surface area contributed by atoms with Gasteiger partial charge < -0.3 is 9.64 Å². The van der Waals surface area contributed by atoms with Crippen molar-refractivity contribution in [2.24, 2.45) is 11.8 Å². The van der Waals surface area contributed by atoms with Crippen LogP contribution >= 0.6 is 11.6 Å². The predicted octanol–water partition coefficient (Wildman–Crippen LogP) is 4.75. The maximum Gasteiger partial charge on any atom is 0.240 e. The third kappa shape index (κ3) is 3.13. The fraction of sp³-hybridized carbons (Fsp3) is 0.179. The Balaban J connectivity index is 1.51. The van der Waals surface area contributed by atoms with Crippen molar-refractivity contribution in [1.82, 2.24) is 4.90 Å². The van der Waals surface area contributed by atoms with Crippen LogP contribution in [-0.4, -0.2) is 35.6 Å². The SMILES string of the molecule is COc1ccccc1N1C(=O)[C@@H]2[C@H](C1=O)[C@H]1c3ccccc3C=CN1[C@@H]2C(=O)c1ccc(Cl)cc1. The van der Waals surface area contributed by atoms with Crippen LogP contribution in [0.5, 0.6) is 5.75 Å². The van der Waals surface area contributed by atoms with Crippen LogP contribution in [0, 0.1) is 11.8 Å². The number of anilines is 1. The number of carbonyl (C=O) groups is 3. The first-order chi connectivity index (χ1) is 17.0. The van der Waals surface area contributed by atoms with Crippen LogP contribution < -0.4 is 9.64 Å². The normalized spacial score (nSPS) is 24.3. The lowest BCUT2D eigenvalue weighted by Gasteiger charge is -2.35. The lowest BCUT2D eigenvalue weighted by Crippen LogP contribution is -2.44. The number of fused-ring (bicyclic) bond motifs is 5. The molecular weight excluding hydrogens is 464 g/mol. The summed E-state index contributed by atoms with van der Waals surface area (Å²) in [6.45, 7) is 0. The van der Waals surface area contributed by atoms with Crippen molar-refractivity contribution < 1.29 is 19.1 Å². The van der Waals surface area contributed by atoms with E-state index in [0.717, 1.165) is 11.1 Å².